The molecule has 0 saturated heterocycles. The maximum Gasteiger partial charge on any atom is 0.341 e. The first-order chi connectivity index (χ1) is 19.8. The second kappa shape index (κ2) is 10.8. The lowest BCUT2D eigenvalue weighted by Crippen LogP contribution is -2.58. The van der Waals surface area contributed by atoms with Gasteiger partial charge < -0.3 is 14.7 Å². The van der Waals surface area contributed by atoms with Gasteiger partial charge >= 0.3 is 5.97 Å². The highest BCUT2D eigenvalue weighted by Gasteiger charge is 2.43. The first-order valence-corrected chi connectivity index (χ1v) is 14.1. The number of hydrogen-bond donors (Lipinski definition) is 1. The fourth-order valence-electron chi connectivity index (χ4n) is 6.27. The number of hydrogen-bond acceptors (Lipinski definition) is 5. The van der Waals surface area contributed by atoms with Gasteiger partial charge in [-0.25, -0.2) is 4.79 Å². The summed E-state index contributed by atoms with van der Waals surface area (Å²) in [5.41, 5.74) is 1.95. The highest BCUT2D eigenvalue weighted by atomic mass is 16.5. The van der Waals surface area contributed by atoms with E-state index in [1.165, 1.54) is 11.8 Å². The van der Waals surface area contributed by atoms with Gasteiger partial charge in [-0.1, -0.05) is 78.9 Å². The minimum Gasteiger partial charge on any atom is -0.482 e. The number of aryl methyl sites for hydroxylation is 1. The van der Waals surface area contributed by atoms with Crippen LogP contribution in [0.4, 0.5) is 0 Å². The largest absolute Gasteiger partial charge is 0.482 e. The molecule has 3 unspecified atom stereocenters. The minimum atomic E-state index is -1.37. The Morgan fingerprint density at radius 3 is 2.51 bits per heavy atom. The number of fused-ring (bicyclic) bond motifs is 3. The molecule has 210 valence electrons. The van der Waals surface area contributed by atoms with E-state index in [4.69, 9.17) is 4.74 Å². The summed E-state index contributed by atoms with van der Waals surface area (Å²) in [7, 11) is 0. The molecule has 2 heterocycles. The van der Waals surface area contributed by atoms with E-state index in [0.717, 1.165) is 24.0 Å². The van der Waals surface area contributed by atoms with Crippen LogP contribution in [0.1, 0.15) is 63.8 Å². The molecule has 8 heteroatoms. The number of rotatable bonds is 6. The van der Waals surface area contributed by atoms with Crippen molar-refractivity contribution >= 4 is 11.9 Å². The predicted molar refractivity (Wildman–Crippen MR) is 156 cm³/mol. The van der Waals surface area contributed by atoms with Gasteiger partial charge in [-0.3, -0.25) is 19.3 Å². The number of allylic oxidation sites excluding steroid dienone is 3. The summed E-state index contributed by atoms with van der Waals surface area (Å²) in [5, 5.41) is 12.1. The van der Waals surface area contributed by atoms with Gasteiger partial charge in [-0.05, 0) is 49.3 Å². The predicted octanol–water partition coefficient (Wildman–Crippen LogP) is 4.93. The van der Waals surface area contributed by atoms with Gasteiger partial charge in [0.25, 0.3) is 5.91 Å². The number of ether oxygens (including phenoxy) is 1. The molecule has 0 spiro atoms. The van der Waals surface area contributed by atoms with Gasteiger partial charge in [0.2, 0.25) is 5.43 Å². The molecular formula is C33H33N3O5. The number of nitrogens with zero attached hydrogens (tertiary/aromatic N) is 3. The van der Waals surface area contributed by atoms with Crippen molar-refractivity contribution in [2.75, 3.05) is 11.7 Å². The third kappa shape index (κ3) is 4.73. The van der Waals surface area contributed by atoms with Crippen molar-refractivity contribution in [3.05, 3.63) is 123 Å². The maximum absolute atomic E-state index is 14.0. The van der Waals surface area contributed by atoms with Crippen LogP contribution in [0.5, 0.6) is 5.75 Å². The molecule has 0 bridgehead atoms. The average Bonchev–Trinajstić information content (AvgIpc) is 3.14. The van der Waals surface area contributed by atoms with Crippen LogP contribution in [-0.2, 0) is 13.0 Å². The van der Waals surface area contributed by atoms with E-state index in [2.05, 4.69) is 36.4 Å². The van der Waals surface area contributed by atoms with E-state index >= 15 is 0 Å². The smallest absolute Gasteiger partial charge is 0.341 e. The van der Waals surface area contributed by atoms with Crippen molar-refractivity contribution < 1.29 is 19.4 Å². The highest BCUT2D eigenvalue weighted by Crippen LogP contribution is 2.44. The van der Waals surface area contributed by atoms with Crippen LogP contribution in [-0.4, -0.2) is 39.3 Å². The number of pyridine rings is 1. The first kappa shape index (κ1) is 26.6. The quantitative estimate of drug-likeness (QED) is 0.467. The first-order valence-electron chi connectivity index (χ1n) is 14.1. The number of benzene rings is 2. The van der Waals surface area contributed by atoms with Crippen molar-refractivity contribution in [1.82, 2.24) is 9.58 Å². The van der Waals surface area contributed by atoms with E-state index in [0.29, 0.717) is 0 Å². The summed E-state index contributed by atoms with van der Waals surface area (Å²) >= 11 is 0. The summed E-state index contributed by atoms with van der Waals surface area (Å²) in [5.74, 6) is -1.65. The molecular weight excluding hydrogens is 518 g/mol. The number of carboxylic acid groups (broad SMARTS) is 1. The molecule has 1 aliphatic heterocycles. The maximum atomic E-state index is 14.0. The number of carbonyl (C=O) groups is 2. The van der Waals surface area contributed by atoms with Crippen LogP contribution in [0.2, 0.25) is 0 Å². The molecule has 8 nitrogen and oxygen atoms in total. The lowest BCUT2D eigenvalue weighted by molar-refractivity contribution is 0.0594. The normalized spacial score (nSPS) is 21.2. The molecule has 0 fully saturated rings. The van der Waals surface area contributed by atoms with Gasteiger partial charge in [0, 0.05) is 18.2 Å². The number of carboxylic acids is 1. The molecule has 2 aliphatic carbocycles. The van der Waals surface area contributed by atoms with Gasteiger partial charge in [-0.15, -0.1) is 0 Å². The molecule has 3 aliphatic rings. The molecule has 1 N–H and O–H groups in total. The Kier molecular flexibility index (Phi) is 6.99. The lowest BCUT2D eigenvalue weighted by Gasteiger charge is -2.48. The van der Waals surface area contributed by atoms with Crippen LogP contribution in [0.25, 0.3) is 0 Å². The van der Waals surface area contributed by atoms with Crippen LogP contribution >= 0.6 is 0 Å². The summed E-state index contributed by atoms with van der Waals surface area (Å²) < 4.78 is 7.64. The fraction of sp³-hybridized carbons (Fsp3) is 0.303. The van der Waals surface area contributed by atoms with Crippen molar-refractivity contribution in [1.29, 1.82) is 0 Å². The second-order valence-electron chi connectivity index (χ2n) is 11.1. The van der Waals surface area contributed by atoms with Gasteiger partial charge in [0.15, 0.2) is 11.4 Å². The van der Waals surface area contributed by atoms with Crippen molar-refractivity contribution in [2.24, 2.45) is 11.8 Å². The van der Waals surface area contributed by atoms with Crippen LogP contribution < -0.4 is 15.2 Å². The van der Waals surface area contributed by atoms with E-state index in [1.807, 2.05) is 61.3 Å². The molecule has 1 aromatic heterocycles. The third-order valence-electron chi connectivity index (χ3n) is 8.37. The zero-order chi connectivity index (χ0) is 28.7. The molecule has 3 aromatic rings. The summed E-state index contributed by atoms with van der Waals surface area (Å²) in [4.78, 5) is 41.7. The van der Waals surface area contributed by atoms with E-state index in [1.54, 1.807) is 9.58 Å². The molecule has 41 heavy (non-hydrogen) atoms. The van der Waals surface area contributed by atoms with E-state index in [9.17, 15) is 19.5 Å². The SMILES string of the molecule is CC(C)N1CN(C2c3ccccc3CCC3C=CC=CC32)n2cc(C(=O)O)c(=O)c(OCc3ccccc3)c2C1=O. The standard InChI is InChI=1S/C33H33N3O5/c1-21(2)34-20-36(28-25-14-8-6-12-23(25)16-17-24-13-7-9-15-26(24)28)35-18-27(33(39)40)30(37)31(29(35)32(34)38)41-19-22-10-4-3-5-11-22/h3-15,18,21,23,25,28H,16-17,19-20H2,1-2H3,(H,39,40). The average molecular weight is 552 g/mol. The Bertz CT molecular complexity index is 1610. The summed E-state index contributed by atoms with van der Waals surface area (Å²) in [6, 6.07) is 17.2. The van der Waals surface area contributed by atoms with Gasteiger partial charge in [-0.2, -0.15) is 0 Å². The Hall–Kier alpha value is -4.59. The zero-order valence-corrected chi connectivity index (χ0v) is 23.1. The van der Waals surface area contributed by atoms with Crippen LogP contribution in [0, 0.1) is 11.8 Å². The third-order valence-corrected chi connectivity index (χ3v) is 8.37. The summed E-state index contributed by atoms with van der Waals surface area (Å²) in [6.07, 6.45) is 11.8. The van der Waals surface area contributed by atoms with Crippen molar-refractivity contribution in [2.45, 2.75) is 45.4 Å². The highest BCUT2D eigenvalue weighted by molar-refractivity contribution is 5.98. The number of carbonyl (C=O) groups excluding carboxylic acids is 1. The van der Waals surface area contributed by atoms with Gasteiger partial charge in [0.05, 0.1) is 6.04 Å². The Morgan fingerprint density at radius 2 is 1.76 bits per heavy atom. The minimum absolute atomic E-state index is 0.0194. The monoisotopic (exact) mass is 551 g/mol. The molecule has 1 amide bonds. The fourth-order valence-corrected chi connectivity index (χ4v) is 6.27. The van der Waals surface area contributed by atoms with Gasteiger partial charge in [0.1, 0.15) is 18.8 Å². The molecule has 6 rings (SSSR count). The van der Waals surface area contributed by atoms with Crippen molar-refractivity contribution in [3.8, 4) is 5.75 Å². The van der Waals surface area contributed by atoms with Crippen molar-refractivity contribution in [3.63, 3.8) is 0 Å². The topological polar surface area (TPSA) is 92.1 Å². The molecule has 0 radical (unpaired) electrons. The van der Waals surface area contributed by atoms with E-state index in [-0.39, 0.29) is 54.5 Å². The lowest BCUT2D eigenvalue weighted by atomic mass is 9.80. The Labute approximate surface area is 238 Å². The molecule has 2 aromatic carbocycles. The molecule has 0 saturated carbocycles. The Morgan fingerprint density at radius 1 is 1.02 bits per heavy atom. The van der Waals surface area contributed by atoms with E-state index < -0.39 is 17.0 Å². The van der Waals surface area contributed by atoms with Crippen LogP contribution in [0.3, 0.4) is 0 Å². The van der Waals surface area contributed by atoms with Crippen LogP contribution in [0.15, 0.2) is 89.9 Å². The number of aromatic carboxylic acids is 1. The molecule has 3 atom stereocenters. The number of aromatic nitrogens is 1. The summed E-state index contributed by atoms with van der Waals surface area (Å²) in [6.45, 7) is 4.12. The number of amides is 1. The zero-order valence-electron chi connectivity index (χ0n) is 23.1. The Balaban J connectivity index is 1.58. The second-order valence-corrected chi connectivity index (χ2v) is 11.1.